The third-order valence-corrected chi connectivity index (χ3v) is 3.82. The van der Waals surface area contributed by atoms with Crippen LogP contribution in [0.5, 0.6) is 5.75 Å². The lowest BCUT2D eigenvalue weighted by Crippen LogP contribution is -2.36. The van der Waals surface area contributed by atoms with Crippen LogP contribution in [0.1, 0.15) is 39.7 Å². The van der Waals surface area contributed by atoms with Crippen LogP contribution < -0.4 is 4.74 Å². The largest absolute Gasteiger partial charge is 0.497 e. The fraction of sp³-hybridized carbons (Fsp3) is 0.700. The highest BCUT2D eigenvalue weighted by atomic mass is 16.5. The van der Waals surface area contributed by atoms with Crippen molar-refractivity contribution in [1.29, 1.82) is 0 Å². The van der Waals surface area contributed by atoms with Gasteiger partial charge in [0, 0.05) is 19.7 Å². The van der Waals surface area contributed by atoms with E-state index in [1.54, 1.807) is 7.11 Å². The van der Waals surface area contributed by atoms with E-state index < -0.39 is 6.10 Å². The van der Waals surface area contributed by atoms with Gasteiger partial charge in [-0.2, -0.15) is 0 Å². The van der Waals surface area contributed by atoms with E-state index in [0.717, 1.165) is 25.3 Å². The van der Waals surface area contributed by atoms with Crippen molar-refractivity contribution in [2.24, 2.45) is 11.8 Å². The molecule has 0 radical (unpaired) electrons. The molecule has 1 unspecified atom stereocenters. The standard InChI is InChI=1S/C20H35NO3/c1-16(2)10-11-21(13-19(22)15-24-14-17(3)4)12-18-6-8-20(23-5)9-7-18/h6-9,16-17,19,22H,10-15H2,1-5H3. The highest BCUT2D eigenvalue weighted by molar-refractivity contribution is 5.27. The minimum absolute atomic E-state index is 0.402. The Morgan fingerprint density at radius 2 is 1.67 bits per heavy atom. The Labute approximate surface area is 147 Å². The first-order chi connectivity index (χ1) is 11.4. The summed E-state index contributed by atoms with van der Waals surface area (Å²) in [6.45, 7) is 12.2. The summed E-state index contributed by atoms with van der Waals surface area (Å²) in [6.07, 6.45) is 0.671. The third kappa shape index (κ3) is 9.26. The number of aliphatic hydroxyl groups is 1. The van der Waals surface area contributed by atoms with Gasteiger partial charge in [-0.15, -0.1) is 0 Å². The SMILES string of the molecule is COc1ccc(CN(CCC(C)C)CC(O)COCC(C)C)cc1. The average molecular weight is 338 g/mol. The summed E-state index contributed by atoms with van der Waals surface area (Å²) >= 11 is 0. The smallest absolute Gasteiger partial charge is 0.118 e. The molecule has 4 heteroatoms. The molecule has 1 atom stereocenters. The molecule has 138 valence electrons. The lowest BCUT2D eigenvalue weighted by molar-refractivity contribution is 0.00628. The minimum Gasteiger partial charge on any atom is -0.497 e. The first kappa shape index (κ1) is 20.9. The van der Waals surface area contributed by atoms with Crippen molar-refractivity contribution in [3.8, 4) is 5.75 Å². The van der Waals surface area contributed by atoms with Crippen LogP contribution in [-0.2, 0) is 11.3 Å². The van der Waals surface area contributed by atoms with Crippen molar-refractivity contribution in [2.75, 3.05) is 33.4 Å². The highest BCUT2D eigenvalue weighted by Gasteiger charge is 2.13. The van der Waals surface area contributed by atoms with E-state index in [2.05, 4.69) is 44.7 Å². The molecule has 1 N–H and O–H groups in total. The molecule has 0 amide bonds. The first-order valence-electron chi connectivity index (χ1n) is 9.01. The molecule has 0 aliphatic rings. The van der Waals surface area contributed by atoms with Crippen LogP contribution in [-0.4, -0.2) is 49.5 Å². The fourth-order valence-electron chi connectivity index (χ4n) is 2.46. The zero-order valence-corrected chi connectivity index (χ0v) is 16.0. The van der Waals surface area contributed by atoms with Gasteiger partial charge in [0.15, 0.2) is 0 Å². The molecule has 1 aromatic rings. The Morgan fingerprint density at radius 1 is 1.00 bits per heavy atom. The van der Waals surface area contributed by atoms with Crippen LogP contribution in [0.3, 0.4) is 0 Å². The summed E-state index contributed by atoms with van der Waals surface area (Å²) in [5, 5.41) is 10.3. The highest BCUT2D eigenvalue weighted by Crippen LogP contribution is 2.14. The van der Waals surface area contributed by atoms with Gasteiger partial charge in [-0.05, 0) is 42.5 Å². The molecular weight excluding hydrogens is 302 g/mol. The van der Waals surface area contributed by atoms with Gasteiger partial charge >= 0.3 is 0 Å². The Bertz CT molecular complexity index is 431. The van der Waals surface area contributed by atoms with Crippen molar-refractivity contribution in [1.82, 2.24) is 4.90 Å². The van der Waals surface area contributed by atoms with Crippen LogP contribution in [0, 0.1) is 11.8 Å². The fourth-order valence-corrected chi connectivity index (χ4v) is 2.46. The molecule has 4 nitrogen and oxygen atoms in total. The average Bonchev–Trinajstić information content (AvgIpc) is 2.53. The van der Waals surface area contributed by atoms with Crippen molar-refractivity contribution in [2.45, 2.75) is 46.8 Å². The number of nitrogens with zero attached hydrogens (tertiary/aromatic N) is 1. The van der Waals surface area contributed by atoms with Crippen LogP contribution >= 0.6 is 0 Å². The number of hydrogen-bond acceptors (Lipinski definition) is 4. The number of hydrogen-bond donors (Lipinski definition) is 1. The number of aliphatic hydroxyl groups excluding tert-OH is 1. The van der Waals surface area contributed by atoms with E-state index in [1.807, 2.05) is 12.1 Å². The van der Waals surface area contributed by atoms with Gasteiger partial charge in [0.2, 0.25) is 0 Å². The zero-order chi connectivity index (χ0) is 17.9. The minimum atomic E-state index is -0.450. The van der Waals surface area contributed by atoms with Crippen LogP contribution in [0.15, 0.2) is 24.3 Å². The van der Waals surface area contributed by atoms with Crippen LogP contribution in [0.25, 0.3) is 0 Å². The normalized spacial score (nSPS) is 13.0. The Kier molecular flexibility index (Phi) is 9.99. The second-order valence-electron chi connectivity index (χ2n) is 7.35. The van der Waals surface area contributed by atoms with E-state index in [0.29, 0.717) is 31.6 Å². The maximum atomic E-state index is 10.3. The van der Waals surface area contributed by atoms with E-state index in [-0.39, 0.29) is 0 Å². The van der Waals surface area contributed by atoms with Gasteiger partial charge in [0.05, 0.1) is 19.8 Å². The Balaban J connectivity index is 2.54. The molecule has 0 fully saturated rings. The summed E-state index contributed by atoms with van der Waals surface area (Å²) in [6, 6.07) is 8.14. The lowest BCUT2D eigenvalue weighted by atomic mass is 10.1. The second kappa shape index (κ2) is 11.5. The predicted octanol–water partition coefficient (Wildman–Crippen LogP) is 3.58. The van der Waals surface area contributed by atoms with Gasteiger partial charge in [0.1, 0.15) is 5.75 Å². The van der Waals surface area contributed by atoms with Gasteiger partial charge in [-0.25, -0.2) is 0 Å². The Hall–Kier alpha value is -1.10. The zero-order valence-electron chi connectivity index (χ0n) is 16.0. The molecule has 0 spiro atoms. The number of benzene rings is 1. The summed E-state index contributed by atoms with van der Waals surface area (Å²) in [5.74, 6) is 2.01. The lowest BCUT2D eigenvalue weighted by Gasteiger charge is -2.26. The van der Waals surface area contributed by atoms with E-state index >= 15 is 0 Å². The molecular formula is C20H35NO3. The second-order valence-corrected chi connectivity index (χ2v) is 7.35. The van der Waals surface area contributed by atoms with E-state index in [4.69, 9.17) is 9.47 Å². The summed E-state index contributed by atoms with van der Waals surface area (Å²) in [5.41, 5.74) is 1.23. The topological polar surface area (TPSA) is 41.9 Å². The van der Waals surface area contributed by atoms with Gasteiger partial charge in [0.25, 0.3) is 0 Å². The van der Waals surface area contributed by atoms with Crippen LogP contribution in [0.2, 0.25) is 0 Å². The number of methoxy groups -OCH3 is 1. The monoisotopic (exact) mass is 337 g/mol. The molecule has 24 heavy (non-hydrogen) atoms. The molecule has 0 aliphatic heterocycles. The molecule has 0 heterocycles. The first-order valence-corrected chi connectivity index (χ1v) is 9.01. The molecule has 0 aliphatic carbocycles. The quantitative estimate of drug-likeness (QED) is 0.633. The van der Waals surface area contributed by atoms with Gasteiger partial charge in [-0.1, -0.05) is 39.8 Å². The van der Waals surface area contributed by atoms with Crippen molar-refractivity contribution in [3.63, 3.8) is 0 Å². The van der Waals surface area contributed by atoms with Gasteiger partial charge < -0.3 is 14.6 Å². The molecule has 0 aromatic heterocycles. The predicted molar refractivity (Wildman–Crippen MR) is 99.4 cm³/mol. The maximum Gasteiger partial charge on any atom is 0.118 e. The Morgan fingerprint density at radius 3 is 2.21 bits per heavy atom. The molecule has 0 saturated carbocycles. The van der Waals surface area contributed by atoms with Gasteiger partial charge in [-0.3, -0.25) is 4.90 Å². The van der Waals surface area contributed by atoms with Crippen LogP contribution in [0.4, 0.5) is 0 Å². The maximum absolute atomic E-state index is 10.3. The molecule has 1 rings (SSSR count). The van der Waals surface area contributed by atoms with Crippen molar-refractivity contribution < 1.29 is 14.6 Å². The third-order valence-electron chi connectivity index (χ3n) is 3.82. The number of ether oxygens (including phenoxy) is 2. The number of rotatable bonds is 12. The molecule has 0 saturated heterocycles. The summed E-state index contributed by atoms with van der Waals surface area (Å²) in [7, 11) is 1.68. The molecule has 1 aromatic carbocycles. The van der Waals surface area contributed by atoms with Crippen molar-refractivity contribution >= 4 is 0 Å². The van der Waals surface area contributed by atoms with E-state index in [1.165, 1.54) is 5.56 Å². The van der Waals surface area contributed by atoms with E-state index in [9.17, 15) is 5.11 Å². The molecule has 0 bridgehead atoms. The summed E-state index contributed by atoms with van der Waals surface area (Å²) in [4.78, 5) is 2.31. The van der Waals surface area contributed by atoms with Crippen molar-refractivity contribution in [3.05, 3.63) is 29.8 Å². The summed E-state index contributed by atoms with van der Waals surface area (Å²) < 4.78 is 10.8.